The molecule has 2 aliphatic rings. The number of methoxy groups -OCH3 is 1. The average molecular weight is 347 g/mol. The Bertz CT molecular complexity index is 530. The van der Waals surface area contributed by atoms with E-state index in [0.29, 0.717) is 24.0 Å². The third kappa shape index (κ3) is 4.96. The van der Waals surface area contributed by atoms with Gasteiger partial charge in [0.2, 0.25) is 0 Å². The molecule has 4 nitrogen and oxygen atoms in total. The van der Waals surface area contributed by atoms with Gasteiger partial charge in [-0.25, -0.2) is 0 Å². The number of likely N-dealkylation sites (tertiary alicyclic amines) is 1. The Morgan fingerprint density at radius 2 is 2.16 bits per heavy atom. The van der Waals surface area contributed by atoms with Gasteiger partial charge in [0.1, 0.15) is 5.75 Å². The van der Waals surface area contributed by atoms with E-state index in [1.165, 1.54) is 37.9 Å². The van der Waals surface area contributed by atoms with Crippen LogP contribution in [0.25, 0.3) is 0 Å². The highest BCUT2D eigenvalue weighted by Crippen LogP contribution is 2.26. The number of nitrogens with one attached hydrogen (secondary N) is 1. The van der Waals surface area contributed by atoms with Crippen LogP contribution in [0.1, 0.15) is 44.6 Å². The van der Waals surface area contributed by atoms with E-state index in [4.69, 9.17) is 9.47 Å². The molecule has 2 saturated heterocycles. The molecule has 4 heteroatoms. The van der Waals surface area contributed by atoms with Crippen LogP contribution in [0.15, 0.2) is 24.3 Å². The van der Waals surface area contributed by atoms with Gasteiger partial charge in [-0.15, -0.1) is 0 Å². The topological polar surface area (TPSA) is 33.7 Å². The first kappa shape index (κ1) is 18.7. The lowest BCUT2D eigenvalue weighted by molar-refractivity contribution is 0.0513. The molecule has 0 radical (unpaired) electrons. The summed E-state index contributed by atoms with van der Waals surface area (Å²) in [6.07, 6.45) is 4.18. The standard InChI is InChI=1S/C21H34N2O2/c1-16(19-8-4-5-9-21(19)24-3)13-22-20-10-11-23(14-17(20)2)15-18-7-6-12-25-18/h4-5,8-9,16-18,20,22H,6-7,10-15H2,1-3H3/t16-,17+,18+,20-/m1/s1. The predicted octanol–water partition coefficient (Wildman–Crippen LogP) is 3.28. The molecule has 2 heterocycles. The van der Waals surface area contributed by atoms with Crippen LogP contribution in [0.4, 0.5) is 0 Å². The lowest BCUT2D eigenvalue weighted by atomic mass is 9.92. The zero-order valence-electron chi connectivity index (χ0n) is 16.0. The third-order valence-corrected chi connectivity index (χ3v) is 5.83. The monoisotopic (exact) mass is 346 g/mol. The molecular weight excluding hydrogens is 312 g/mol. The summed E-state index contributed by atoms with van der Waals surface area (Å²) in [5.74, 6) is 2.13. The first-order chi connectivity index (χ1) is 12.2. The summed E-state index contributed by atoms with van der Waals surface area (Å²) >= 11 is 0. The van der Waals surface area contributed by atoms with E-state index in [1.54, 1.807) is 7.11 Å². The summed E-state index contributed by atoms with van der Waals surface area (Å²) in [5, 5.41) is 3.82. The fourth-order valence-corrected chi connectivity index (χ4v) is 4.29. The summed E-state index contributed by atoms with van der Waals surface area (Å²) in [4.78, 5) is 2.60. The van der Waals surface area contributed by atoms with Crippen LogP contribution in [0.5, 0.6) is 5.75 Å². The number of para-hydroxylation sites is 1. The molecule has 1 aromatic carbocycles. The second kappa shape index (κ2) is 9.02. The van der Waals surface area contributed by atoms with Crippen LogP contribution >= 0.6 is 0 Å². The fourth-order valence-electron chi connectivity index (χ4n) is 4.29. The summed E-state index contributed by atoms with van der Waals surface area (Å²) in [6, 6.07) is 8.98. The number of piperidine rings is 1. The van der Waals surface area contributed by atoms with Crippen molar-refractivity contribution in [3.8, 4) is 5.75 Å². The van der Waals surface area contributed by atoms with Crippen molar-refractivity contribution < 1.29 is 9.47 Å². The minimum absolute atomic E-state index is 0.452. The van der Waals surface area contributed by atoms with Gasteiger partial charge in [-0.1, -0.05) is 32.0 Å². The summed E-state index contributed by atoms with van der Waals surface area (Å²) in [7, 11) is 1.75. The van der Waals surface area contributed by atoms with E-state index in [-0.39, 0.29) is 0 Å². The van der Waals surface area contributed by atoms with Crippen LogP contribution in [0, 0.1) is 5.92 Å². The van der Waals surface area contributed by atoms with Crippen LogP contribution in [0.3, 0.4) is 0 Å². The molecule has 0 bridgehead atoms. The summed E-state index contributed by atoms with van der Waals surface area (Å²) < 4.78 is 11.3. The van der Waals surface area contributed by atoms with Crippen LogP contribution in [-0.4, -0.2) is 56.9 Å². The highest BCUT2D eigenvalue weighted by atomic mass is 16.5. The van der Waals surface area contributed by atoms with E-state index in [1.807, 2.05) is 6.07 Å². The second-order valence-electron chi connectivity index (χ2n) is 7.82. The third-order valence-electron chi connectivity index (χ3n) is 5.83. The van der Waals surface area contributed by atoms with Gasteiger partial charge in [0, 0.05) is 32.3 Å². The van der Waals surface area contributed by atoms with E-state index in [2.05, 4.69) is 42.3 Å². The van der Waals surface area contributed by atoms with Gasteiger partial charge in [0.25, 0.3) is 0 Å². The lowest BCUT2D eigenvalue weighted by Gasteiger charge is -2.38. The second-order valence-corrected chi connectivity index (χ2v) is 7.82. The molecule has 25 heavy (non-hydrogen) atoms. The Kier molecular flexibility index (Phi) is 6.74. The van der Waals surface area contributed by atoms with E-state index in [0.717, 1.165) is 25.4 Å². The van der Waals surface area contributed by atoms with Gasteiger partial charge < -0.3 is 19.7 Å². The van der Waals surface area contributed by atoms with Crippen LogP contribution < -0.4 is 10.1 Å². The maximum atomic E-state index is 5.80. The number of rotatable bonds is 7. The van der Waals surface area contributed by atoms with Gasteiger partial charge >= 0.3 is 0 Å². The zero-order chi connectivity index (χ0) is 17.6. The molecule has 2 aliphatic heterocycles. The van der Waals surface area contributed by atoms with E-state index in [9.17, 15) is 0 Å². The Hall–Kier alpha value is -1.10. The molecule has 1 aromatic rings. The van der Waals surface area contributed by atoms with E-state index < -0.39 is 0 Å². The van der Waals surface area contributed by atoms with Crippen molar-refractivity contribution in [2.24, 2.45) is 5.92 Å². The highest BCUT2D eigenvalue weighted by Gasteiger charge is 2.28. The van der Waals surface area contributed by atoms with Crippen molar-refractivity contribution in [2.75, 3.05) is 39.9 Å². The molecule has 0 aliphatic carbocycles. The Morgan fingerprint density at radius 3 is 2.88 bits per heavy atom. The smallest absolute Gasteiger partial charge is 0.122 e. The van der Waals surface area contributed by atoms with Gasteiger partial charge in [-0.05, 0) is 49.3 Å². The Morgan fingerprint density at radius 1 is 1.32 bits per heavy atom. The summed E-state index contributed by atoms with van der Waals surface area (Å²) in [6.45, 7) is 10.1. The van der Waals surface area contributed by atoms with Gasteiger partial charge in [0.05, 0.1) is 13.2 Å². The molecule has 140 valence electrons. The predicted molar refractivity (Wildman–Crippen MR) is 102 cm³/mol. The average Bonchev–Trinajstić information content (AvgIpc) is 3.13. The van der Waals surface area contributed by atoms with Crippen molar-refractivity contribution >= 4 is 0 Å². The molecule has 3 rings (SSSR count). The molecule has 0 spiro atoms. The Balaban J connectivity index is 1.45. The fraction of sp³-hybridized carbons (Fsp3) is 0.714. The zero-order valence-corrected chi connectivity index (χ0v) is 16.0. The molecule has 0 unspecified atom stereocenters. The first-order valence-corrected chi connectivity index (χ1v) is 9.87. The lowest BCUT2D eigenvalue weighted by Crippen LogP contribution is -2.50. The number of ether oxygens (including phenoxy) is 2. The first-order valence-electron chi connectivity index (χ1n) is 9.87. The van der Waals surface area contributed by atoms with E-state index >= 15 is 0 Å². The molecular formula is C21H34N2O2. The number of hydrogen-bond donors (Lipinski definition) is 1. The van der Waals surface area contributed by atoms with Gasteiger partial charge in [-0.2, -0.15) is 0 Å². The highest BCUT2D eigenvalue weighted by molar-refractivity contribution is 5.36. The molecule has 0 amide bonds. The molecule has 2 fully saturated rings. The maximum Gasteiger partial charge on any atom is 0.122 e. The molecule has 0 saturated carbocycles. The maximum absolute atomic E-state index is 5.80. The molecule has 4 atom stereocenters. The van der Waals surface area contributed by atoms with Crippen molar-refractivity contribution in [3.63, 3.8) is 0 Å². The quantitative estimate of drug-likeness (QED) is 0.821. The number of nitrogens with zero attached hydrogens (tertiary/aromatic N) is 1. The van der Waals surface area contributed by atoms with Gasteiger partial charge in [0.15, 0.2) is 0 Å². The minimum atomic E-state index is 0.452. The van der Waals surface area contributed by atoms with Crippen LogP contribution in [-0.2, 0) is 4.74 Å². The summed E-state index contributed by atoms with van der Waals surface area (Å²) in [5.41, 5.74) is 1.29. The van der Waals surface area contributed by atoms with Crippen molar-refractivity contribution in [1.29, 1.82) is 0 Å². The molecule has 0 aromatic heterocycles. The largest absolute Gasteiger partial charge is 0.496 e. The number of benzene rings is 1. The van der Waals surface area contributed by atoms with Crippen molar-refractivity contribution in [1.82, 2.24) is 10.2 Å². The van der Waals surface area contributed by atoms with Crippen molar-refractivity contribution in [3.05, 3.63) is 29.8 Å². The molecule has 1 N–H and O–H groups in total. The Labute approximate surface area is 152 Å². The normalized spacial score (nSPS) is 28.8. The van der Waals surface area contributed by atoms with Crippen molar-refractivity contribution in [2.45, 2.75) is 51.2 Å². The minimum Gasteiger partial charge on any atom is -0.496 e. The SMILES string of the molecule is COc1ccccc1[C@H](C)CN[C@@H]1CCN(C[C@@H]2CCCO2)C[C@@H]1C. The van der Waals surface area contributed by atoms with Gasteiger partial charge in [-0.3, -0.25) is 0 Å². The number of hydrogen-bond acceptors (Lipinski definition) is 4. The van der Waals surface area contributed by atoms with Crippen LogP contribution in [0.2, 0.25) is 0 Å².